The monoisotopic (exact) mass is 353 g/mol. The summed E-state index contributed by atoms with van der Waals surface area (Å²) in [6.07, 6.45) is -0.799. The molecule has 0 aromatic carbocycles. The summed E-state index contributed by atoms with van der Waals surface area (Å²) in [6.45, 7) is -0.210. The maximum absolute atomic E-state index is 11.6. The molecule has 0 bridgehead atoms. The zero-order chi connectivity index (χ0) is 12.6. The van der Waals surface area contributed by atoms with Crippen LogP contribution in [0.1, 0.15) is 6.23 Å². The number of aromatic nitrogens is 2. The molecular weight excluding hydrogens is 341 g/mol. The zero-order valence-electron chi connectivity index (χ0n) is 8.73. The molecule has 2 heterocycles. The van der Waals surface area contributed by atoms with Crippen LogP contribution in [0.2, 0.25) is 0 Å². The van der Waals surface area contributed by atoms with Crippen molar-refractivity contribution in [3.63, 3.8) is 0 Å². The first-order valence-electron chi connectivity index (χ1n) is 4.97. The van der Waals surface area contributed by atoms with Crippen LogP contribution in [0.15, 0.2) is 17.1 Å². The minimum atomic E-state index is -0.879. The topological polar surface area (TPSA) is 111 Å². The molecule has 1 aliphatic rings. The first kappa shape index (κ1) is 12.7. The Morgan fingerprint density at radius 1 is 1.65 bits per heavy atom. The van der Waals surface area contributed by atoms with Crippen LogP contribution >= 0.6 is 22.6 Å². The van der Waals surface area contributed by atoms with Crippen molar-refractivity contribution in [2.75, 3.05) is 12.3 Å². The van der Waals surface area contributed by atoms with Crippen molar-refractivity contribution in [2.45, 2.75) is 22.4 Å². The van der Waals surface area contributed by atoms with E-state index >= 15 is 0 Å². The molecule has 1 aliphatic heterocycles. The Balaban J connectivity index is 2.32. The molecule has 0 amide bonds. The number of alkyl halides is 1. The fourth-order valence-electron chi connectivity index (χ4n) is 1.71. The number of rotatable bonds is 2. The number of hydrogen-bond acceptors (Lipinski definition) is 6. The van der Waals surface area contributed by atoms with Crippen molar-refractivity contribution >= 4 is 28.4 Å². The Morgan fingerprint density at radius 2 is 2.35 bits per heavy atom. The third kappa shape index (κ3) is 2.30. The van der Waals surface area contributed by atoms with Gasteiger partial charge in [-0.15, -0.1) is 0 Å². The molecule has 0 spiro atoms. The standard InChI is InChI=1S/C9H12IN3O4/c10-6-4(3-14)17-8(7(6)15)13-2-1-5(11)12-9(13)16/h1-2,4,6-8,14-15H,3H2,(H2,11,12,16)/t4-,6?,7?,8-/m1/s1. The number of nitrogen functional groups attached to an aromatic ring is 1. The van der Waals surface area contributed by atoms with E-state index in [1.807, 2.05) is 22.6 Å². The molecule has 2 rings (SSSR count). The molecule has 1 aromatic rings. The van der Waals surface area contributed by atoms with E-state index in [1.54, 1.807) is 0 Å². The van der Waals surface area contributed by atoms with Crippen LogP contribution in [-0.2, 0) is 4.74 Å². The van der Waals surface area contributed by atoms with Gasteiger partial charge in [0.25, 0.3) is 0 Å². The van der Waals surface area contributed by atoms with Crippen molar-refractivity contribution < 1.29 is 14.9 Å². The number of nitrogens with two attached hydrogens (primary N) is 1. The first-order valence-corrected chi connectivity index (χ1v) is 6.22. The Hall–Kier alpha value is -0.710. The Morgan fingerprint density at radius 3 is 2.88 bits per heavy atom. The second kappa shape index (κ2) is 4.88. The lowest BCUT2D eigenvalue weighted by Crippen LogP contribution is -2.33. The molecule has 0 saturated carbocycles. The molecular formula is C9H12IN3O4. The predicted octanol–water partition coefficient (Wildman–Crippen LogP) is -1.12. The summed E-state index contributed by atoms with van der Waals surface area (Å²) in [4.78, 5) is 15.1. The number of ether oxygens (including phenoxy) is 1. The summed E-state index contributed by atoms with van der Waals surface area (Å²) in [5, 5.41) is 19.0. The number of hydrogen-bond donors (Lipinski definition) is 3. The summed E-state index contributed by atoms with van der Waals surface area (Å²) in [7, 11) is 0. The molecule has 4 atom stereocenters. The van der Waals surface area contributed by atoms with E-state index in [0.717, 1.165) is 0 Å². The summed E-state index contributed by atoms with van der Waals surface area (Å²) in [5.74, 6) is 0.114. The lowest BCUT2D eigenvalue weighted by molar-refractivity contribution is -0.0528. The maximum Gasteiger partial charge on any atom is 0.351 e. The van der Waals surface area contributed by atoms with Crippen LogP contribution in [0, 0.1) is 0 Å². The van der Waals surface area contributed by atoms with Crippen molar-refractivity contribution in [2.24, 2.45) is 0 Å². The van der Waals surface area contributed by atoms with Gasteiger partial charge in [0.05, 0.1) is 16.6 Å². The second-order valence-corrected chi connectivity index (χ2v) is 5.16. The molecule has 4 N–H and O–H groups in total. The Bertz CT molecular complexity index is 466. The van der Waals surface area contributed by atoms with Gasteiger partial charge in [-0.1, -0.05) is 22.6 Å². The minimum Gasteiger partial charge on any atom is -0.394 e. The van der Waals surface area contributed by atoms with Crippen LogP contribution in [0.5, 0.6) is 0 Å². The average molecular weight is 353 g/mol. The third-order valence-corrected chi connectivity index (χ3v) is 4.13. The van der Waals surface area contributed by atoms with Crippen molar-refractivity contribution in [3.05, 3.63) is 22.7 Å². The zero-order valence-corrected chi connectivity index (χ0v) is 10.9. The van der Waals surface area contributed by atoms with E-state index in [2.05, 4.69) is 4.98 Å². The number of anilines is 1. The van der Waals surface area contributed by atoms with Gasteiger partial charge in [-0.2, -0.15) is 4.98 Å². The van der Waals surface area contributed by atoms with Crippen molar-refractivity contribution in [1.29, 1.82) is 0 Å². The van der Waals surface area contributed by atoms with Gasteiger partial charge in [-0.05, 0) is 6.07 Å². The van der Waals surface area contributed by atoms with E-state index in [-0.39, 0.29) is 16.3 Å². The van der Waals surface area contributed by atoms with Crippen LogP contribution in [0.4, 0.5) is 5.82 Å². The van der Waals surface area contributed by atoms with Gasteiger partial charge in [0.1, 0.15) is 11.9 Å². The van der Waals surface area contributed by atoms with Crippen molar-refractivity contribution in [3.8, 4) is 0 Å². The molecule has 1 fully saturated rings. The molecule has 0 radical (unpaired) electrons. The molecule has 17 heavy (non-hydrogen) atoms. The highest BCUT2D eigenvalue weighted by atomic mass is 127. The van der Waals surface area contributed by atoms with Crippen LogP contribution in [-0.4, -0.2) is 42.5 Å². The summed E-state index contributed by atoms with van der Waals surface area (Å²) >= 11 is 1.98. The van der Waals surface area contributed by atoms with Crippen LogP contribution in [0.25, 0.3) is 0 Å². The second-order valence-electron chi connectivity index (χ2n) is 3.72. The van der Waals surface area contributed by atoms with Crippen LogP contribution < -0.4 is 11.4 Å². The number of nitrogens with zero attached hydrogens (tertiary/aromatic N) is 2. The highest BCUT2D eigenvalue weighted by molar-refractivity contribution is 14.1. The predicted molar refractivity (Wildman–Crippen MR) is 67.7 cm³/mol. The molecule has 94 valence electrons. The maximum atomic E-state index is 11.6. The molecule has 1 aromatic heterocycles. The molecule has 8 heteroatoms. The van der Waals surface area contributed by atoms with Gasteiger partial charge >= 0.3 is 5.69 Å². The van der Waals surface area contributed by atoms with Gasteiger partial charge in [-0.25, -0.2) is 4.79 Å². The van der Waals surface area contributed by atoms with Gasteiger partial charge in [-0.3, -0.25) is 4.57 Å². The largest absolute Gasteiger partial charge is 0.394 e. The lowest BCUT2D eigenvalue weighted by Gasteiger charge is -2.16. The Labute approximate surface area is 110 Å². The SMILES string of the molecule is Nc1ccn([C@@H]2O[C@H](CO)C(I)C2O)c(=O)n1. The highest BCUT2D eigenvalue weighted by Crippen LogP contribution is 2.33. The van der Waals surface area contributed by atoms with Gasteiger partial charge in [0.2, 0.25) is 0 Å². The number of halogens is 1. The fourth-order valence-corrected chi connectivity index (χ4v) is 2.46. The van der Waals surface area contributed by atoms with Crippen LogP contribution in [0.3, 0.4) is 0 Å². The first-order chi connectivity index (χ1) is 8.04. The number of aliphatic hydroxyl groups is 2. The molecule has 2 unspecified atom stereocenters. The minimum absolute atomic E-state index is 0.114. The smallest absolute Gasteiger partial charge is 0.351 e. The molecule has 7 nitrogen and oxygen atoms in total. The van der Waals surface area contributed by atoms with Gasteiger partial charge in [0.15, 0.2) is 6.23 Å². The van der Waals surface area contributed by atoms with E-state index < -0.39 is 24.1 Å². The highest BCUT2D eigenvalue weighted by Gasteiger charge is 2.43. The van der Waals surface area contributed by atoms with E-state index in [4.69, 9.17) is 15.6 Å². The van der Waals surface area contributed by atoms with Crippen molar-refractivity contribution in [1.82, 2.24) is 9.55 Å². The van der Waals surface area contributed by atoms with E-state index in [9.17, 15) is 9.90 Å². The summed E-state index contributed by atoms with van der Waals surface area (Å²) in [5.41, 5.74) is 4.79. The lowest BCUT2D eigenvalue weighted by atomic mass is 10.2. The van der Waals surface area contributed by atoms with Gasteiger partial charge < -0.3 is 20.7 Å². The average Bonchev–Trinajstić information content (AvgIpc) is 2.57. The molecule has 0 aliphatic carbocycles. The summed E-state index contributed by atoms with van der Waals surface area (Å²) < 4.78 is 6.30. The summed E-state index contributed by atoms with van der Waals surface area (Å²) in [6, 6.07) is 1.45. The Kier molecular flexibility index (Phi) is 3.66. The number of aliphatic hydroxyl groups excluding tert-OH is 2. The molecule has 1 saturated heterocycles. The quantitative estimate of drug-likeness (QED) is 0.459. The van der Waals surface area contributed by atoms with E-state index in [1.165, 1.54) is 16.8 Å². The van der Waals surface area contributed by atoms with Gasteiger partial charge in [0, 0.05) is 6.20 Å². The fraction of sp³-hybridized carbons (Fsp3) is 0.556. The van der Waals surface area contributed by atoms with E-state index in [0.29, 0.717) is 0 Å². The normalized spacial score (nSPS) is 32.9. The third-order valence-electron chi connectivity index (χ3n) is 2.59.